The largest absolute Gasteiger partial charge is 0.355 e. The first-order valence-corrected chi connectivity index (χ1v) is 7.14. The lowest BCUT2D eigenvalue weighted by Gasteiger charge is -2.26. The Kier molecular flexibility index (Phi) is 6.56. The van der Waals surface area contributed by atoms with Gasteiger partial charge in [0, 0.05) is 6.54 Å². The minimum Gasteiger partial charge on any atom is -0.355 e. The molecule has 1 aliphatic rings. The number of likely N-dealkylation sites (N-methyl/N-ethyl adjacent to an activating group) is 1. The van der Waals surface area contributed by atoms with E-state index in [0.717, 1.165) is 25.6 Å². The van der Waals surface area contributed by atoms with Crippen LogP contribution in [0.2, 0.25) is 0 Å². The number of hydrogen-bond donors (Lipinski definition) is 1. The quantitative estimate of drug-likeness (QED) is 0.772. The summed E-state index contributed by atoms with van der Waals surface area (Å²) < 4.78 is 0. The summed E-state index contributed by atoms with van der Waals surface area (Å²) in [6.45, 7) is 9.85. The molecule has 0 aromatic heterocycles. The Labute approximate surface area is 106 Å². The third kappa shape index (κ3) is 5.53. The Morgan fingerprint density at radius 2 is 1.76 bits per heavy atom. The van der Waals surface area contributed by atoms with Crippen LogP contribution in [0.3, 0.4) is 0 Å². The zero-order valence-electron chi connectivity index (χ0n) is 11.7. The predicted molar refractivity (Wildman–Crippen MR) is 71.9 cm³/mol. The van der Waals surface area contributed by atoms with Crippen LogP contribution in [0.5, 0.6) is 0 Å². The lowest BCUT2D eigenvalue weighted by molar-refractivity contribution is -0.122. The van der Waals surface area contributed by atoms with Gasteiger partial charge in [0.05, 0.1) is 6.54 Å². The van der Waals surface area contributed by atoms with E-state index in [-0.39, 0.29) is 5.91 Å². The predicted octanol–water partition coefficient (Wildman–Crippen LogP) is 2.27. The molecule has 1 aliphatic carbocycles. The fraction of sp³-hybridized carbons (Fsp3) is 0.929. The smallest absolute Gasteiger partial charge is 0.234 e. The molecular weight excluding hydrogens is 212 g/mol. The van der Waals surface area contributed by atoms with E-state index in [2.05, 4.69) is 31.0 Å². The van der Waals surface area contributed by atoms with Gasteiger partial charge in [-0.25, -0.2) is 0 Å². The van der Waals surface area contributed by atoms with Crippen LogP contribution in [0.4, 0.5) is 0 Å². The first-order chi connectivity index (χ1) is 8.15. The van der Waals surface area contributed by atoms with Crippen molar-refractivity contribution in [1.82, 2.24) is 10.2 Å². The summed E-state index contributed by atoms with van der Waals surface area (Å²) in [6, 6.07) is 0. The van der Waals surface area contributed by atoms with Crippen molar-refractivity contribution < 1.29 is 4.79 Å². The highest BCUT2D eigenvalue weighted by Crippen LogP contribution is 2.27. The van der Waals surface area contributed by atoms with Crippen molar-refractivity contribution in [3.8, 4) is 0 Å². The minimum absolute atomic E-state index is 0.187. The molecule has 100 valence electrons. The SMILES string of the molecule is CCN(CC)CC(=O)NCC1CCC(C)CC1. The summed E-state index contributed by atoms with van der Waals surface area (Å²) in [6.07, 6.45) is 5.23. The summed E-state index contributed by atoms with van der Waals surface area (Å²) in [5.74, 6) is 1.79. The third-order valence-corrected chi connectivity index (χ3v) is 3.98. The van der Waals surface area contributed by atoms with Crippen molar-refractivity contribution in [2.75, 3.05) is 26.2 Å². The molecule has 0 radical (unpaired) electrons. The van der Waals surface area contributed by atoms with Crippen LogP contribution in [0.1, 0.15) is 46.5 Å². The summed E-state index contributed by atoms with van der Waals surface area (Å²) in [5, 5.41) is 3.09. The zero-order valence-corrected chi connectivity index (χ0v) is 11.7. The fourth-order valence-corrected chi connectivity index (χ4v) is 2.50. The molecule has 1 N–H and O–H groups in total. The lowest BCUT2D eigenvalue weighted by atomic mass is 9.83. The van der Waals surface area contributed by atoms with Crippen LogP contribution in [0, 0.1) is 11.8 Å². The molecule has 0 atom stereocenters. The van der Waals surface area contributed by atoms with Crippen molar-refractivity contribution in [1.29, 1.82) is 0 Å². The molecule has 1 rings (SSSR count). The average Bonchev–Trinajstić information content (AvgIpc) is 2.35. The monoisotopic (exact) mass is 240 g/mol. The third-order valence-electron chi connectivity index (χ3n) is 3.98. The van der Waals surface area contributed by atoms with Gasteiger partial charge in [0.2, 0.25) is 5.91 Å². The first kappa shape index (κ1) is 14.5. The van der Waals surface area contributed by atoms with Crippen LogP contribution in [-0.2, 0) is 4.79 Å². The van der Waals surface area contributed by atoms with Crippen molar-refractivity contribution in [2.45, 2.75) is 46.5 Å². The van der Waals surface area contributed by atoms with Gasteiger partial charge in [0.1, 0.15) is 0 Å². The highest BCUT2D eigenvalue weighted by atomic mass is 16.2. The molecule has 0 aromatic rings. The number of hydrogen-bond acceptors (Lipinski definition) is 2. The summed E-state index contributed by atoms with van der Waals surface area (Å²) in [5.41, 5.74) is 0. The zero-order chi connectivity index (χ0) is 12.7. The van der Waals surface area contributed by atoms with E-state index in [9.17, 15) is 4.79 Å². The second-order valence-electron chi connectivity index (χ2n) is 5.39. The number of rotatable bonds is 6. The molecule has 0 spiro atoms. The maximum absolute atomic E-state index is 11.7. The lowest BCUT2D eigenvalue weighted by Crippen LogP contribution is -2.39. The van der Waals surface area contributed by atoms with E-state index >= 15 is 0 Å². The fourth-order valence-electron chi connectivity index (χ4n) is 2.50. The van der Waals surface area contributed by atoms with Gasteiger partial charge in [-0.15, -0.1) is 0 Å². The van der Waals surface area contributed by atoms with Crippen LogP contribution >= 0.6 is 0 Å². The maximum atomic E-state index is 11.7. The van der Waals surface area contributed by atoms with Gasteiger partial charge < -0.3 is 5.32 Å². The number of carbonyl (C=O) groups excluding carboxylic acids is 1. The summed E-state index contributed by atoms with van der Waals surface area (Å²) >= 11 is 0. The van der Waals surface area contributed by atoms with Crippen LogP contribution in [0.25, 0.3) is 0 Å². The molecule has 0 bridgehead atoms. The highest BCUT2D eigenvalue weighted by molar-refractivity contribution is 5.77. The van der Waals surface area contributed by atoms with Gasteiger partial charge in [-0.05, 0) is 37.8 Å². The van der Waals surface area contributed by atoms with Crippen LogP contribution < -0.4 is 5.32 Å². The topological polar surface area (TPSA) is 32.3 Å². The molecular formula is C14H28N2O. The van der Waals surface area contributed by atoms with Crippen molar-refractivity contribution in [3.05, 3.63) is 0 Å². The van der Waals surface area contributed by atoms with E-state index in [0.29, 0.717) is 12.5 Å². The molecule has 0 heterocycles. The average molecular weight is 240 g/mol. The normalized spacial score (nSPS) is 24.9. The Hall–Kier alpha value is -0.570. The standard InChI is InChI=1S/C14H28N2O/c1-4-16(5-2)11-14(17)15-10-13-8-6-12(3)7-9-13/h12-13H,4-11H2,1-3H3,(H,15,17). The second-order valence-corrected chi connectivity index (χ2v) is 5.39. The van der Waals surface area contributed by atoms with E-state index in [1.54, 1.807) is 0 Å². The van der Waals surface area contributed by atoms with Crippen molar-refractivity contribution in [3.63, 3.8) is 0 Å². The second kappa shape index (κ2) is 7.70. The first-order valence-electron chi connectivity index (χ1n) is 7.14. The van der Waals surface area contributed by atoms with Gasteiger partial charge in [0.25, 0.3) is 0 Å². The summed E-state index contributed by atoms with van der Waals surface area (Å²) in [7, 11) is 0. The van der Waals surface area contributed by atoms with Crippen molar-refractivity contribution in [2.24, 2.45) is 11.8 Å². The minimum atomic E-state index is 0.187. The van der Waals surface area contributed by atoms with E-state index in [4.69, 9.17) is 0 Å². The molecule has 1 fully saturated rings. The van der Waals surface area contributed by atoms with Crippen LogP contribution in [0.15, 0.2) is 0 Å². The molecule has 0 aliphatic heterocycles. The van der Waals surface area contributed by atoms with Crippen molar-refractivity contribution >= 4 is 5.91 Å². The Bertz CT molecular complexity index is 218. The molecule has 17 heavy (non-hydrogen) atoms. The van der Waals surface area contributed by atoms with Crippen LogP contribution in [-0.4, -0.2) is 37.0 Å². The van der Waals surface area contributed by atoms with Gasteiger partial charge in [-0.1, -0.05) is 33.6 Å². The molecule has 3 heteroatoms. The Morgan fingerprint density at radius 3 is 2.29 bits per heavy atom. The highest BCUT2D eigenvalue weighted by Gasteiger charge is 2.18. The Balaban J connectivity index is 2.15. The maximum Gasteiger partial charge on any atom is 0.234 e. The van der Waals surface area contributed by atoms with E-state index in [1.807, 2.05) is 0 Å². The number of amides is 1. The number of nitrogens with zero attached hydrogens (tertiary/aromatic N) is 1. The number of carbonyl (C=O) groups is 1. The molecule has 1 amide bonds. The molecule has 0 unspecified atom stereocenters. The van der Waals surface area contributed by atoms with E-state index < -0.39 is 0 Å². The van der Waals surface area contributed by atoms with Gasteiger partial charge in [-0.3, -0.25) is 9.69 Å². The molecule has 1 saturated carbocycles. The summed E-state index contributed by atoms with van der Waals surface area (Å²) in [4.78, 5) is 13.9. The number of nitrogens with one attached hydrogen (secondary N) is 1. The van der Waals surface area contributed by atoms with Gasteiger partial charge in [0.15, 0.2) is 0 Å². The molecule has 0 aromatic carbocycles. The molecule has 0 saturated heterocycles. The van der Waals surface area contributed by atoms with Gasteiger partial charge in [-0.2, -0.15) is 0 Å². The molecule has 3 nitrogen and oxygen atoms in total. The van der Waals surface area contributed by atoms with E-state index in [1.165, 1.54) is 25.7 Å². The van der Waals surface area contributed by atoms with Gasteiger partial charge >= 0.3 is 0 Å². The Morgan fingerprint density at radius 1 is 1.18 bits per heavy atom.